The standard InChI is InChI=1S/4H2O4S.Os/c4*1-5(2,3)4;/h4*(H2,1,2,3,4);/q;;;;+4/p-4. The van der Waals surface area contributed by atoms with Crippen LogP contribution in [0.5, 0.6) is 0 Å². The van der Waals surface area contributed by atoms with Gasteiger partial charge in [0, 0.05) is 0 Å². The molecule has 0 fully saturated rings. The maximum atomic E-state index is 8.63. The van der Waals surface area contributed by atoms with Gasteiger partial charge in [-0.15, -0.1) is 0 Å². The molecule has 0 rings (SSSR count). The monoisotopic (exact) mass is 580 g/mol. The summed E-state index contributed by atoms with van der Waals surface area (Å²) in [4.78, 5) is 0. The molecule has 132 valence electrons. The van der Waals surface area contributed by atoms with Crippen LogP contribution in [0.15, 0.2) is 0 Å². The summed E-state index contributed by atoms with van der Waals surface area (Å²) in [5.41, 5.74) is 0. The third kappa shape index (κ3) is 488000. The molecule has 0 unspecified atom stereocenters. The Balaban J connectivity index is -0.0000000533. The summed E-state index contributed by atoms with van der Waals surface area (Å²) in [5, 5.41) is 0. The first-order valence-electron chi connectivity index (χ1n) is 2.73. The van der Waals surface area contributed by atoms with Gasteiger partial charge >= 0.3 is 19.8 Å². The normalized spacial score (nSPS) is 11.0. The Morgan fingerprint density at radius 1 is 0.429 bits per heavy atom. The molecule has 0 spiro atoms. The van der Waals surface area contributed by atoms with Crippen molar-refractivity contribution in [2.24, 2.45) is 0 Å². The van der Waals surface area contributed by atoms with E-state index in [0.717, 1.165) is 0 Å². The zero-order chi connectivity index (χ0) is 18.0. The van der Waals surface area contributed by atoms with E-state index in [0.29, 0.717) is 0 Å². The van der Waals surface area contributed by atoms with E-state index < -0.39 is 41.6 Å². The van der Waals surface area contributed by atoms with Crippen molar-refractivity contribution in [3.63, 3.8) is 0 Å². The molecule has 0 aliphatic heterocycles. The van der Waals surface area contributed by atoms with Crippen molar-refractivity contribution in [2.75, 3.05) is 0 Å². The Kier molecular flexibility index (Phi) is 19.8. The fourth-order valence-corrected chi connectivity index (χ4v) is 0. The molecule has 4 N–H and O–H groups in total. The minimum atomic E-state index is -4.92. The van der Waals surface area contributed by atoms with Crippen molar-refractivity contribution in [3.05, 3.63) is 0 Å². The third-order valence-corrected chi connectivity index (χ3v) is 0. The molecule has 0 bridgehead atoms. The van der Waals surface area contributed by atoms with E-state index in [4.69, 9.17) is 70.1 Å². The molecule has 21 heteroatoms. The minimum absolute atomic E-state index is 0. The minimum Gasteiger partial charge on any atom is -0.726 e. The smallest absolute Gasteiger partial charge is 0.726 e. The summed E-state index contributed by atoms with van der Waals surface area (Å²) in [5.74, 6) is 0. The van der Waals surface area contributed by atoms with Gasteiger partial charge in [0.15, 0.2) is 0 Å². The van der Waals surface area contributed by atoms with Gasteiger partial charge in [0.25, 0.3) is 0 Å². The molecule has 0 aliphatic rings. The maximum absolute atomic E-state index is 8.63. The molecule has 16 nitrogen and oxygen atoms in total. The predicted molar refractivity (Wildman–Crippen MR) is 49.3 cm³/mol. The Morgan fingerprint density at radius 2 is 0.429 bits per heavy atom. The molecule has 0 heterocycles. The van der Waals surface area contributed by atoms with Gasteiger partial charge in [-0.05, 0) is 0 Å². The predicted octanol–water partition coefficient (Wildman–Crippen LogP) is -3.98. The number of hydrogen-bond acceptors (Lipinski definition) is 12. The Morgan fingerprint density at radius 3 is 0.429 bits per heavy atom. The van der Waals surface area contributed by atoms with E-state index in [1.807, 2.05) is 0 Å². The van der Waals surface area contributed by atoms with Crippen LogP contribution >= 0.6 is 0 Å². The van der Waals surface area contributed by atoms with Crippen molar-refractivity contribution in [1.82, 2.24) is 0 Å². The molecule has 0 saturated carbocycles. The summed E-state index contributed by atoms with van der Waals surface area (Å²) < 4.78 is 131. The van der Waals surface area contributed by atoms with E-state index in [9.17, 15) is 0 Å². The van der Waals surface area contributed by atoms with Crippen molar-refractivity contribution < 1.29 is 89.9 Å². The van der Waals surface area contributed by atoms with E-state index >= 15 is 0 Å². The average molecular weight is 579 g/mol. The fraction of sp³-hybridized carbons (Fsp3) is 0. The van der Waals surface area contributed by atoms with Crippen molar-refractivity contribution in [1.29, 1.82) is 0 Å². The van der Waals surface area contributed by atoms with Gasteiger partial charge in [0.05, 0.1) is 0 Å². The van der Waals surface area contributed by atoms with Crippen LogP contribution in [0.4, 0.5) is 0 Å². The zero-order valence-corrected chi connectivity index (χ0v) is 14.5. The van der Waals surface area contributed by atoms with Crippen LogP contribution in [0.25, 0.3) is 0 Å². The summed E-state index contributed by atoms with van der Waals surface area (Å²) in [7, 11) is -19.7. The molecule has 0 aromatic carbocycles. The van der Waals surface area contributed by atoms with E-state index in [2.05, 4.69) is 0 Å². The van der Waals surface area contributed by atoms with E-state index in [1.54, 1.807) is 0 Å². The van der Waals surface area contributed by atoms with Crippen LogP contribution in [0.1, 0.15) is 0 Å². The molecule has 0 aromatic rings. The van der Waals surface area contributed by atoms with Gasteiger partial charge in [0.2, 0.25) is 41.6 Å². The van der Waals surface area contributed by atoms with E-state index in [1.165, 1.54) is 0 Å². The SMILES string of the molecule is O=S(=O)([O-])O.O=S(=O)([O-])O.O=S(=O)([O-])O.O=S(=O)([O-])O.[Os+4]. The van der Waals surface area contributed by atoms with Gasteiger partial charge in [0.1, 0.15) is 0 Å². The zero-order valence-electron chi connectivity index (χ0n) is 8.67. The summed E-state index contributed by atoms with van der Waals surface area (Å²) in [6.45, 7) is 0. The summed E-state index contributed by atoms with van der Waals surface area (Å²) in [6.07, 6.45) is 0. The topological polar surface area (TPSA) is 310 Å². The van der Waals surface area contributed by atoms with Gasteiger partial charge in [-0.2, -0.15) is 0 Å². The Labute approximate surface area is 131 Å². The third-order valence-electron chi connectivity index (χ3n) is 0. The van der Waals surface area contributed by atoms with Gasteiger partial charge in [-0.3, -0.25) is 18.2 Å². The van der Waals surface area contributed by atoms with Crippen LogP contribution in [-0.4, -0.2) is 70.1 Å². The fourth-order valence-electron chi connectivity index (χ4n) is 0. The number of rotatable bonds is 0. The second-order valence-corrected chi connectivity index (χ2v) is 5.13. The largest absolute Gasteiger partial charge is 4.00 e. The summed E-state index contributed by atoms with van der Waals surface area (Å²) in [6, 6.07) is 0. The molecule has 21 heavy (non-hydrogen) atoms. The molecule has 0 radical (unpaired) electrons. The van der Waals surface area contributed by atoms with Gasteiger partial charge in [-0.25, -0.2) is 33.7 Å². The summed E-state index contributed by atoms with van der Waals surface area (Å²) >= 11 is 0. The van der Waals surface area contributed by atoms with Gasteiger partial charge < -0.3 is 18.2 Å². The van der Waals surface area contributed by atoms with Gasteiger partial charge in [-0.1, -0.05) is 0 Å². The quantitative estimate of drug-likeness (QED) is 0.157. The Bertz CT molecular complexity index is 473. The second kappa shape index (κ2) is 12.6. The van der Waals surface area contributed by atoms with Crippen LogP contribution in [0, 0.1) is 0 Å². The molecular weight excluding hydrogens is 574 g/mol. The average Bonchev–Trinajstić information content (AvgIpc) is 1.62. The molecule has 0 aliphatic carbocycles. The molecule has 0 atom stereocenters. The van der Waals surface area contributed by atoms with E-state index in [-0.39, 0.29) is 19.8 Å². The molecule has 0 aromatic heterocycles. The molecule has 0 saturated heterocycles. The Hall–Kier alpha value is 0.116. The van der Waals surface area contributed by atoms with Crippen molar-refractivity contribution in [2.45, 2.75) is 0 Å². The first-order chi connectivity index (χ1) is 8.00. The van der Waals surface area contributed by atoms with Crippen molar-refractivity contribution >= 4 is 41.6 Å². The van der Waals surface area contributed by atoms with Crippen molar-refractivity contribution in [3.8, 4) is 0 Å². The van der Waals surface area contributed by atoms with Crippen LogP contribution < -0.4 is 0 Å². The first-order valence-corrected chi connectivity index (χ1v) is 8.19. The van der Waals surface area contributed by atoms with Crippen LogP contribution in [-0.2, 0) is 61.4 Å². The van der Waals surface area contributed by atoms with Crippen LogP contribution in [0.2, 0.25) is 0 Å². The number of hydrogen-bond donors (Lipinski definition) is 4. The van der Waals surface area contributed by atoms with Crippen LogP contribution in [0.3, 0.4) is 0 Å². The molecule has 0 amide bonds. The molecular formula is H4O16OsS4. The first kappa shape index (κ1) is 32.9. The second-order valence-electron chi connectivity index (χ2n) is 1.71. The maximum Gasteiger partial charge on any atom is 4.00 e.